The molecule has 0 unspecified atom stereocenters. The Morgan fingerprint density at radius 3 is 2.53 bits per heavy atom. The van der Waals surface area contributed by atoms with Gasteiger partial charge in [0.15, 0.2) is 0 Å². The van der Waals surface area contributed by atoms with Crippen LogP contribution in [0.3, 0.4) is 0 Å². The van der Waals surface area contributed by atoms with Crippen molar-refractivity contribution in [1.82, 2.24) is 0 Å². The second-order valence-corrected chi connectivity index (χ2v) is 4.92. The molecule has 2 N–H and O–H groups in total. The highest BCUT2D eigenvalue weighted by Gasteiger charge is 2.45. The van der Waals surface area contributed by atoms with Gasteiger partial charge in [0.25, 0.3) is 0 Å². The van der Waals surface area contributed by atoms with Crippen LogP contribution in [0.25, 0.3) is 0 Å². The molecule has 0 saturated heterocycles. The van der Waals surface area contributed by atoms with Gasteiger partial charge >= 0.3 is 0 Å². The van der Waals surface area contributed by atoms with Crippen molar-refractivity contribution in [2.45, 2.75) is 18.3 Å². The molecule has 3 heteroatoms. The minimum atomic E-state index is 0.151. The van der Waals surface area contributed by atoms with Gasteiger partial charge in [0.2, 0.25) is 0 Å². The molecule has 0 spiro atoms. The van der Waals surface area contributed by atoms with Gasteiger partial charge in [0.05, 0.1) is 0 Å². The molecule has 2 rings (SSSR count). The largest absolute Gasteiger partial charge is 0.377 e. The Kier molecular flexibility index (Phi) is 2.65. The van der Waals surface area contributed by atoms with Crippen molar-refractivity contribution in [2.24, 2.45) is 5.73 Å². The van der Waals surface area contributed by atoms with E-state index < -0.39 is 0 Å². The molecule has 2 nitrogen and oxygen atoms in total. The molecule has 82 valence electrons. The molecule has 1 aromatic rings. The number of benzene rings is 1. The Bertz CT molecular complexity index is 370. The van der Waals surface area contributed by atoms with E-state index in [0.29, 0.717) is 6.54 Å². The number of halogens is 1. The predicted molar refractivity (Wildman–Crippen MR) is 65.7 cm³/mol. The molecule has 0 radical (unpaired) electrons. The molecule has 0 aliphatic heterocycles. The van der Waals surface area contributed by atoms with E-state index in [-0.39, 0.29) is 5.41 Å². The van der Waals surface area contributed by atoms with Crippen molar-refractivity contribution in [3.8, 4) is 0 Å². The highest BCUT2D eigenvalue weighted by molar-refractivity contribution is 6.32. The Morgan fingerprint density at radius 1 is 1.40 bits per heavy atom. The molecule has 0 heterocycles. The van der Waals surface area contributed by atoms with Crippen molar-refractivity contribution >= 4 is 17.3 Å². The topological polar surface area (TPSA) is 29.3 Å². The van der Waals surface area contributed by atoms with E-state index in [9.17, 15) is 0 Å². The highest BCUT2D eigenvalue weighted by Crippen LogP contribution is 2.52. The smallest absolute Gasteiger partial charge is 0.0464 e. The molecule has 1 aliphatic rings. The molecule has 0 aromatic heterocycles. The van der Waals surface area contributed by atoms with Crippen LogP contribution in [-0.2, 0) is 5.41 Å². The van der Waals surface area contributed by atoms with E-state index in [4.69, 9.17) is 17.3 Å². The molecule has 1 aromatic carbocycles. The van der Waals surface area contributed by atoms with Crippen LogP contribution >= 0.6 is 11.6 Å². The van der Waals surface area contributed by atoms with E-state index in [0.717, 1.165) is 17.9 Å². The Labute approximate surface area is 96.0 Å². The van der Waals surface area contributed by atoms with Crippen LogP contribution in [0.15, 0.2) is 18.2 Å². The number of hydrogen-bond acceptors (Lipinski definition) is 2. The lowest BCUT2D eigenvalue weighted by atomic mass is 9.94. The summed E-state index contributed by atoms with van der Waals surface area (Å²) < 4.78 is 0. The van der Waals surface area contributed by atoms with Crippen molar-refractivity contribution in [3.05, 3.63) is 28.8 Å². The minimum absolute atomic E-state index is 0.151. The maximum atomic E-state index is 6.29. The van der Waals surface area contributed by atoms with Gasteiger partial charge in [-0.05, 0) is 25.0 Å². The molecule has 0 bridgehead atoms. The Balaban J connectivity index is 2.53. The first kappa shape index (κ1) is 10.8. The third-order valence-corrected chi connectivity index (χ3v) is 3.56. The summed E-state index contributed by atoms with van der Waals surface area (Å²) in [4.78, 5) is 2.11. The maximum absolute atomic E-state index is 6.29. The van der Waals surface area contributed by atoms with Gasteiger partial charge in [-0.15, -0.1) is 0 Å². The van der Waals surface area contributed by atoms with Crippen molar-refractivity contribution in [3.63, 3.8) is 0 Å². The normalized spacial score (nSPS) is 17.6. The average Bonchev–Trinajstić information content (AvgIpc) is 2.98. The predicted octanol–water partition coefficient (Wildman–Crippen LogP) is 2.40. The fourth-order valence-corrected chi connectivity index (χ4v) is 2.49. The van der Waals surface area contributed by atoms with Gasteiger partial charge < -0.3 is 10.6 Å². The van der Waals surface area contributed by atoms with Crippen LogP contribution in [0.4, 0.5) is 5.69 Å². The van der Waals surface area contributed by atoms with Crippen molar-refractivity contribution in [2.75, 3.05) is 25.5 Å². The van der Waals surface area contributed by atoms with Crippen LogP contribution < -0.4 is 10.6 Å². The zero-order valence-electron chi connectivity index (χ0n) is 9.26. The zero-order valence-corrected chi connectivity index (χ0v) is 10.0. The van der Waals surface area contributed by atoms with E-state index in [1.54, 1.807) is 0 Å². The quantitative estimate of drug-likeness (QED) is 0.855. The molecular formula is C12H17ClN2. The van der Waals surface area contributed by atoms with Crippen LogP contribution in [0.1, 0.15) is 18.4 Å². The number of anilines is 1. The van der Waals surface area contributed by atoms with Gasteiger partial charge in [-0.25, -0.2) is 0 Å². The van der Waals surface area contributed by atoms with E-state index in [1.165, 1.54) is 11.3 Å². The summed E-state index contributed by atoms with van der Waals surface area (Å²) in [6.45, 7) is 0.692. The van der Waals surface area contributed by atoms with Gasteiger partial charge in [0.1, 0.15) is 0 Å². The summed E-state index contributed by atoms with van der Waals surface area (Å²) in [6.07, 6.45) is 2.32. The summed E-state index contributed by atoms with van der Waals surface area (Å²) in [5, 5.41) is 0.851. The monoisotopic (exact) mass is 224 g/mol. The third kappa shape index (κ3) is 1.72. The van der Waals surface area contributed by atoms with Gasteiger partial charge in [0, 0.05) is 42.3 Å². The van der Waals surface area contributed by atoms with Crippen LogP contribution in [-0.4, -0.2) is 20.6 Å². The minimum Gasteiger partial charge on any atom is -0.377 e. The number of nitrogens with zero attached hydrogens (tertiary/aromatic N) is 1. The summed E-state index contributed by atoms with van der Waals surface area (Å²) >= 11 is 6.29. The Morgan fingerprint density at radius 2 is 2.07 bits per heavy atom. The van der Waals surface area contributed by atoms with Gasteiger partial charge in [-0.1, -0.05) is 17.7 Å². The number of rotatable bonds is 3. The molecule has 1 saturated carbocycles. The standard InChI is InChI=1S/C12H17ClN2/c1-15(2)10-5-3-4-9(13)11(10)12(8-14)6-7-12/h3-5H,6-8,14H2,1-2H3. The van der Waals surface area contributed by atoms with Crippen LogP contribution in [0.5, 0.6) is 0 Å². The maximum Gasteiger partial charge on any atom is 0.0464 e. The second-order valence-electron chi connectivity index (χ2n) is 4.51. The van der Waals surface area contributed by atoms with Crippen molar-refractivity contribution < 1.29 is 0 Å². The summed E-state index contributed by atoms with van der Waals surface area (Å²) in [5.41, 5.74) is 8.45. The molecule has 0 atom stereocenters. The first-order valence-electron chi connectivity index (χ1n) is 5.27. The first-order chi connectivity index (χ1) is 7.10. The summed E-state index contributed by atoms with van der Waals surface area (Å²) in [7, 11) is 4.09. The number of hydrogen-bond donors (Lipinski definition) is 1. The molecule has 15 heavy (non-hydrogen) atoms. The third-order valence-electron chi connectivity index (χ3n) is 3.25. The van der Waals surface area contributed by atoms with Crippen LogP contribution in [0, 0.1) is 0 Å². The fraction of sp³-hybridized carbons (Fsp3) is 0.500. The van der Waals surface area contributed by atoms with Gasteiger partial charge in [-0.2, -0.15) is 0 Å². The van der Waals surface area contributed by atoms with E-state index in [2.05, 4.69) is 11.0 Å². The lowest BCUT2D eigenvalue weighted by molar-refractivity contribution is 0.703. The molecule has 1 aliphatic carbocycles. The zero-order chi connectivity index (χ0) is 11.1. The highest BCUT2D eigenvalue weighted by atomic mass is 35.5. The molecule has 1 fully saturated rings. The lowest BCUT2D eigenvalue weighted by Gasteiger charge is -2.24. The first-order valence-corrected chi connectivity index (χ1v) is 5.65. The van der Waals surface area contributed by atoms with E-state index in [1.807, 2.05) is 26.2 Å². The lowest BCUT2D eigenvalue weighted by Crippen LogP contribution is -2.23. The molecular weight excluding hydrogens is 208 g/mol. The van der Waals surface area contributed by atoms with Crippen molar-refractivity contribution in [1.29, 1.82) is 0 Å². The Hall–Kier alpha value is -0.730. The summed E-state index contributed by atoms with van der Waals surface area (Å²) in [6, 6.07) is 6.06. The average molecular weight is 225 g/mol. The van der Waals surface area contributed by atoms with Crippen LogP contribution in [0.2, 0.25) is 5.02 Å². The van der Waals surface area contributed by atoms with E-state index >= 15 is 0 Å². The SMILES string of the molecule is CN(C)c1cccc(Cl)c1C1(CN)CC1. The fourth-order valence-electron chi connectivity index (χ4n) is 2.12. The summed E-state index contributed by atoms with van der Waals surface area (Å²) in [5.74, 6) is 0. The second kappa shape index (κ2) is 3.69. The number of nitrogens with two attached hydrogens (primary N) is 1. The van der Waals surface area contributed by atoms with Gasteiger partial charge in [-0.3, -0.25) is 0 Å². The molecule has 0 amide bonds.